The highest BCUT2D eigenvalue weighted by atomic mass is 16.5. The molecule has 1 aromatic rings. The van der Waals surface area contributed by atoms with E-state index in [0.717, 1.165) is 19.3 Å². The highest BCUT2D eigenvalue weighted by molar-refractivity contribution is 5.98. The summed E-state index contributed by atoms with van der Waals surface area (Å²) in [5.41, 5.74) is 0.643. The molecule has 5 nitrogen and oxygen atoms in total. The van der Waals surface area contributed by atoms with Crippen LogP contribution in [0.1, 0.15) is 61.4 Å². The molecule has 144 valence electrons. The Labute approximate surface area is 159 Å². The zero-order chi connectivity index (χ0) is 19.2. The van der Waals surface area contributed by atoms with E-state index >= 15 is 0 Å². The Balaban J connectivity index is 1.56. The first-order chi connectivity index (χ1) is 12.9. The minimum atomic E-state index is -0.372. The second-order valence-electron chi connectivity index (χ2n) is 8.73. The molecule has 27 heavy (non-hydrogen) atoms. The van der Waals surface area contributed by atoms with Gasteiger partial charge in [-0.3, -0.25) is 14.4 Å². The van der Waals surface area contributed by atoms with Crippen LogP contribution in [0.3, 0.4) is 0 Å². The number of ether oxygens (including phenoxy) is 2. The van der Waals surface area contributed by atoms with Gasteiger partial charge in [0.1, 0.15) is 5.75 Å². The Bertz CT molecular complexity index is 759. The van der Waals surface area contributed by atoms with Crippen LogP contribution in [0.4, 0.5) is 0 Å². The number of Topliss-reactive ketones (excluding diaryl/α,β-unsaturated/α-hetero) is 1. The lowest BCUT2D eigenvalue weighted by molar-refractivity contribution is -0.161. The van der Waals surface area contributed by atoms with Crippen molar-refractivity contribution in [3.05, 3.63) is 29.3 Å². The normalized spacial score (nSPS) is 30.8. The van der Waals surface area contributed by atoms with Crippen LogP contribution < -0.4 is 4.74 Å². The third kappa shape index (κ3) is 3.40. The van der Waals surface area contributed by atoms with Crippen LogP contribution in [0.25, 0.3) is 0 Å². The van der Waals surface area contributed by atoms with Gasteiger partial charge < -0.3 is 9.47 Å². The van der Waals surface area contributed by atoms with Crippen molar-refractivity contribution < 1.29 is 23.9 Å². The largest absolute Gasteiger partial charge is 0.469 e. The van der Waals surface area contributed by atoms with Crippen molar-refractivity contribution in [1.29, 1.82) is 0 Å². The monoisotopic (exact) mass is 370 g/mol. The summed E-state index contributed by atoms with van der Waals surface area (Å²) in [6.45, 7) is 1.44. The van der Waals surface area contributed by atoms with Gasteiger partial charge in [-0.05, 0) is 80.9 Å². The lowest BCUT2D eigenvalue weighted by Crippen LogP contribution is -2.51. The summed E-state index contributed by atoms with van der Waals surface area (Å²) in [6.07, 6.45) is 6.63. The van der Waals surface area contributed by atoms with Crippen molar-refractivity contribution in [1.82, 2.24) is 0 Å². The summed E-state index contributed by atoms with van der Waals surface area (Å²) in [5.74, 6) is 1.52. The minimum Gasteiger partial charge on any atom is -0.469 e. The summed E-state index contributed by atoms with van der Waals surface area (Å²) in [7, 11) is 1.33. The molecule has 0 saturated heterocycles. The maximum atomic E-state index is 13.1. The fraction of sp³-hybridized carbons (Fsp3) is 0.591. The van der Waals surface area contributed by atoms with Gasteiger partial charge in [-0.1, -0.05) is 6.07 Å². The number of carbonyl (C=O) groups is 3. The number of methoxy groups -OCH3 is 1. The van der Waals surface area contributed by atoms with E-state index in [2.05, 4.69) is 4.74 Å². The first kappa shape index (κ1) is 18.2. The molecule has 4 fully saturated rings. The van der Waals surface area contributed by atoms with Crippen molar-refractivity contribution >= 4 is 17.7 Å². The van der Waals surface area contributed by atoms with Crippen molar-refractivity contribution in [2.75, 3.05) is 7.11 Å². The molecule has 0 spiro atoms. The molecular weight excluding hydrogens is 344 g/mol. The SMILES string of the molecule is COC(=O)Cc1ccc(OC(=O)C23CC4CC(CC(C4)C2)C3)c(C(C)=O)c1. The van der Waals surface area contributed by atoms with Crippen LogP contribution in [-0.4, -0.2) is 24.8 Å². The van der Waals surface area contributed by atoms with Gasteiger partial charge in [0, 0.05) is 0 Å². The minimum absolute atomic E-state index is 0.0833. The van der Waals surface area contributed by atoms with Gasteiger partial charge in [0.15, 0.2) is 5.78 Å². The quantitative estimate of drug-likeness (QED) is 0.449. The van der Waals surface area contributed by atoms with E-state index in [1.165, 1.54) is 33.3 Å². The number of ketones is 1. The second-order valence-corrected chi connectivity index (χ2v) is 8.73. The molecule has 4 bridgehead atoms. The summed E-state index contributed by atoms with van der Waals surface area (Å²) < 4.78 is 10.5. The first-order valence-electron chi connectivity index (χ1n) is 9.81. The van der Waals surface area contributed by atoms with Crippen molar-refractivity contribution in [2.24, 2.45) is 23.2 Å². The van der Waals surface area contributed by atoms with Crippen LogP contribution in [0.5, 0.6) is 5.75 Å². The average Bonchev–Trinajstić information content (AvgIpc) is 2.61. The lowest BCUT2D eigenvalue weighted by Gasteiger charge is -2.55. The van der Waals surface area contributed by atoms with E-state index < -0.39 is 0 Å². The number of benzene rings is 1. The molecule has 4 saturated carbocycles. The summed E-state index contributed by atoms with van der Waals surface area (Å²) in [6, 6.07) is 4.97. The molecule has 1 aromatic carbocycles. The molecule has 0 aliphatic heterocycles. The van der Waals surface area contributed by atoms with Crippen LogP contribution in [0.15, 0.2) is 18.2 Å². The van der Waals surface area contributed by atoms with Gasteiger partial charge in [0.2, 0.25) is 0 Å². The number of rotatable bonds is 5. The Morgan fingerprint density at radius 1 is 1.04 bits per heavy atom. The maximum absolute atomic E-state index is 13.1. The second kappa shape index (κ2) is 6.77. The summed E-state index contributed by atoms with van der Waals surface area (Å²) in [4.78, 5) is 36.7. The summed E-state index contributed by atoms with van der Waals surface area (Å²) in [5, 5.41) is 0. The van der Waals surface area contributed by atoms with E-state index in [-0.39, 0.29) is 29.6 Å². The fourth-order valence-corrected chi connectivity index (χ4v) is 5.86. The molecule has 0 unspecified atom stereocenters. The van der Waals surface area contributed by atoms with Crippen LogP contribution in [0.2, 0.25) is 0 Å². The first-order valence-corrected chi connectivity index (χ1v) is 9.81. The predicted octanol–water partition coefficient (Wildman–Crippen LogP) is 3.73. The van der Waals surface area contributed by atoms with E-state index in [9.17, 15) is 14.4 Å². The van der Waals surface area contributed by atoms with E-state index in [1.54, 1.807) is 18.2 Å². The van der Waals surface area contributed by atoms with Crippen LogP contribution >= 0.6 is 0 Å². The van der Waals surface area contributed by atoms with E-state index in [0.29, 0.717) is 34.6 Å². The number of carbonyl (C=O) groups excluding carboxylic acids is 3. The van der Waals surface area contributed by atoms with Gasteiger partial charge in [0.05, 0.1) is 24.5 Å². The number of hydrogen-bond donors (Lipinski definition) is 0. The third-order valence-corrected chi connectivity index (χ3v) is 6.67. The Hall–Kier alpha value is -2.17. The molecule has 0 aromatic heterocycles. The molecule has 0 heterocycles. The smallest absolute Gasteiger partial charge is 0.317 e. The predicted molar refractivity (Wildman–Crippen MR) is 98.4 cm³/mol. The molecular formula is C22H26O5. The topological polar surface area (TPSA) is 69.7 Å². The van der Waals surface area contributed by atoms with Crippen molar-refractivity contribution in [2.45, 2.75) is 51.9 Å². The van der Waals surface area contributed by atoms with Crippen molar-refractivity contribution in [3.63, 3.8) is 0 Å². The Morgan fingerprint density at radius 3 is 2.15 bits per heavy atom. The third-order valence-electron chi connectivity index (χ3n) is 6.67. The zero-order valence-corrected chi connectivity index (χ0v) is 16.0. The molecule has 0 radical (unpaired) electrons. The van der Waals surface area contributed by atoms with Gasteiger partial charge in [-0.25, -0.2) is 0 Å². The number of hydrogen-bond acceptors (Lipinski definition) is 5. The fourth-order valence-electron chi connectivity index (χ4n) is 5.86. The molecule has 0 amide bonds. The highest BCUT2D eigenvalue weighted by Crippen LogP contribution is 2.60. The van der Waals surface area contributed by atoms with Crippen LogP contribution in [-0.2, 0) is 20.7 Å². The van der Waals surface area contributed by atoms with Crippen LogP contribution in [0, 0.1) is 23.2 Å². The molecule has 4 aliphatic rings. The maximum Gasteiger partial charge on any atom is 0.317 e. The lowest BCUT2D eigenvalue weighted by atomic mass is 9.49. The van der Waals surface area contributed by atoms with E-state index in [4.69, 9.17) is 4.74 Å². The standard InChI is InChI=1S/C22H26O5/c1-13(23)18-8-14(9-20(24)26-2)3-4-19(18)27-21(25)22-10-15-5-16(11-22)7-17(6-15)12-22/h3-4,8,15-17H,5-7,9-12H2,1-2H3. The molecule has 5 heteroatoms. The Kier molecular flexibility index (Phi) is 4.57. The van der Waals surface area contributed by atoms with Gasteiger partial charge in [-0.2, -0.15) is 0 Å². The van der Waals surface area contributed by atoms with E-state index in [1.807, 2.05) is 0 Å². The van der Waals surface area contributed by atoms with Gasteiger partial charge in [0.25, 0.3) is 0 Å². The van der Waals surface area contributed by atoms with Gasteiger partial charge >= 0.3 is 11.9 Å². The van der Waals surface area contributed by atoms with Crippen molar-refractivity contribution in [3.8, 4) is 5.75 Å². The molecule has 5 rings (SSSR count). The molecule has 4 aliphatic carbocycles. The highest BCUT2D eigenvalue weighted by Gasteiger charge is 2.55. The molecule has 0 N–H and O–H groups in total. The molecule has 0 atom stereocenters. The van der Waals surface area contributed by atoms with Gasteiger partial charge in [-0.15, -0.1) is 0 Å². The number of esters is 2. The average molecular weight is 370 g/mol. The summed E-state index contributed by atoms with van der Waals surface area (Å²) >= 11 is 0. The zero-order valence-electron chi connectivity index (χ0n) is 16.0. The Morgan fingerprint density at radius 2 is 1.63 bits per heavy atom.